The molecule has 1 atom stereocenters. The van der Waals surface area contributed by atoms with Gasteiger partial charge in [0, 0.05) is 7.11 Å². The smallest absolute Gasteiger partial charge is 0.196 e. The molecule has 2 aromatic rings. The first-order valence-corrected chi connectivity index (χ1v) is 4.98. The van der Waals surface area contributed by atoms with Crippen molar-refractivity contribution in [3.8, 4) is 5.75 Å². The van der Waals surface area contributed by atoms with E-state index in [0.717, 1.165) is 5.75 Å². The van der Waals surface area contributed by atoms with Crippen LogP contribution in [0.25, 0.3) is 10.8 Å². The van der Waals surface area contributed by atoms with Crippen LogP contribution in [0.4, 0.5) is 0 Å². The highest BCUT2D eigenvalue weighted by Gasteiger charge is 2.01. The Hall–Kier alpha value is -1.54. The molecule has 2 nitrogen and oxygen atoms in total. The van der Waals surface area contributed by atoms with Crippen LogP contribution in [0.15, 0.2) is 42.5 Å². The molecule has 0 bridgehead atoms. The van der Waals surface area contributed by atoms with Crippen molar-refractivity contribution in [2.75, 3.05) is 7.11 Å². The summed E-state index contributed by atoms with van der Waals surface area (Å²) in [6, 6.07) is 14.2. The van der Waals surface area contributed by atoms with Crippen molar-refractivity contribution in [1.29, 1.82) is 0 Å². The van der Waals surface area contributed by atoms with E-state index in [1.165, 1.54) is 10.8 Å². The number of rotatable bonds is 3. The first kappa shape index (κ1) is 9.99. The monoisotopic (exact) mass is 202 g/mol. The lowest BCUT2D eigenvalue weighted by molar-refractivity contribution is -0.0381. The summed E-state index contributed by atoms with van der Waals surface area (Å²) >= 11 is 0. The molecule has 1 unspecified atom stereocenters. The fourth-order valence-corrected chi connectivity index (χ4v) is 1.48. The molecule has 0 aliphatic heterocycles. The maximum atomic E-state index is 5.55. The van der Waals surface area contributed by atoms with Crippen LogP contribution in [0.3, 0.4) is 0 Å². The molecule has 2 heteroatoms. The van der Waals surface area contributed by atoms with E-state index < -0.39 is 0 Å². The predicted octanol–water partition coefficient (Wildman–Crippen LogP) is 3.21. The van der Waals surface area contributed by atoms with Gasteiger partial charge in [0.15, 0.2) is 6.29 Å². The number of ether oxygens (including phenoxy) is 2. The number of hydrogen-bond acceptors (Lipinski definition) is 2. The lowest BCUT2D eigenvalue weighted by Gasteiger charge is -2.12. The fourth-order valence-electron chi connectivity index (χ4n) is 1.48. The van der Waals surface area contributed by atoms with Crippen molar-refractivity contribution in [2.45, 2.75) is 13.2 Å². The van der Waals surface area contributed by atoms with Crippen LogP contribution in [-0.4, -0.2) is 13.4 Å². The zero-order chi connectivity index (χ0) is 10.7. The molecule has 0 aromatic heterocycles. The van der Waals surface area contributed by atoms with E-state index in [1.807, 2.05) is 37.3 Å². The molecule has 0 amide bonds. The average Bonchev–Trinajstić information content (AvgIpc) is 2.29. The molecular weight excluding hydrogens is 188 g/mol. The third kappa shape index (κ3) is 2.28. The molecule has 0 aliphatic rings. The van der Waals surface area contributed by atoms with Crippen molar-refractivity contribution in [1.82, 2.24) is 0 Å². The molecular formula is C13H14O2. The second-order valence-electron chi connectivity index (χ2n) is 3.43. The van der Waals surface area contributed by atoms with Gasteiger partial charge in [0.1, 0.15) is 5.75 Å². The second kappa shape index (κ2) is 4.32. The topological polar surface area (TPSA) is 18.5 Å². The summed E-state index contributed by atoms with van der Waals surface area (Å²) in [5, 5.41) is 2.40. The Morgan fingerprint density at radius 1 is 1.00 bits per heavy atom. The summed E-state index contributed by atoms with van der Waals surface area (Å²) in [5.74, 6) is 0.836. The van der Waals surface area contributed by atoms with Gasteiger partial charge in [-0.3, -0.25) is 0 Å². The van der Waals surface area contributed by atoms with Gasteiger partial charge >= 0.3 is 0 Å². The van der Waals surface area contributed by atoms with E-state index in [-0.39, 0.29) is 6.29 Å². The highest BCUT2D eigenvalue weighted by molar-refractivity contribution is 5.83. The molecule has 0 saturated carbocycles. The van der Waals surface area contributed by atoms with Crippen LogP contribution >= 0.6 is 0 Å². The number of benzene rings is 2. The highest BCUT2D eigenvalue weighted by atomic mass is 16.7. The molecule has 0 radical (unpaired) electrons. The van der Waals surface area contributed by atoms with Crippen molar-refractivity contribution in [2.24, 2.45) is 0 Å². The van der Waals surface area contributed by atoms with E-state index in [9.17, 15) is 0 Å². The molecule has 0 N–H and O–H groups in total. The summed E-state index contributed by atoms with van der Waals surface area (Å²) in [6.45, 7) is 1.87. The van der Waals surface area contributed by atoms with Crippen molar-refractivity contribution < 1.29 is 9.47 Å². The standard InChI is InChI=1S/C13H14O2/c1-10(14-2)15-13-8-7-11-5-3-4-6-12(11)9-13/h3-10H,1-2H3. The summed E-state index contributed by atoms with van der Waals surface area (Å²) in [7, 11) is 1.63. The Labute approximate surface area is 89.4 Å². The number of hydrogen-bond donors (Lipinski definition) is 0. The van der Waals surface area contributed by atoms with E-state index in [1.54, 1.807) is 7.11 Å². The summed E-state index contributed by atoms with van der Waals surface area (Å²) in [4.78, 5) is 0. The molecule has 0 aliphatic carbocycles. The third-order valence-electron chi connectivity index (χ3n) is 2.35. The quantitative estimate of drug-likeness (QED) is 0.711. The molecule has 0 heterocycles. The van der Waals surface area contributed by atoms with E-state index in [4.69, 9.17) is 9.47 Å². The van der Waals surface area contributed by atoms with Crippen LogP contribution in [0.2, 0.25) is 0 Å². The maximum absolute atomic E-state index is 5.55. The van der Waals surface area contributed by atoms with Crippen LogP contribution < -0.4 is 4.74 Å². The van der Waals surface area contributed by atoms with Gasteiger partial charge in [0.2, 0.25) is 0 Å². The summed E-state index contributed by atoms with van der Waals surface area (Å²) < 4.78 is 10.6. The second-order valence-corrected chi connectivity index (χ2v) is 3.43. The van der Waals surface area contributed by atoms with E-state index in [0.29, 0.717) is 0 Å². The maximum Gasteiger partial charge on any atom is 0.196 e. The summed E-state index contributed by atoms with van der Waals surface area (Å²) in [6.07, 6.45) is -0.217. The van der Waals surface area contributed by atoms with E-state index in [2.05, 4.69) is 12.1 Å². The zero-order valence-electron chi connectivity index (χ0n) is 8.94. The minimum Gasteiger partial charge on any atom is -0.465 e. The van der Waals surface area contributed by atoms with Crippen LogP contribution in [0.1, 0.15) is 6.92 Å². The minimum absolute atomic E-state index is 0.217. The molecule has 0 fully saturated rings. The summed E-state index contributed by atoms with van der Waals surface area (Å²) in [5.41, 5.74) is 0. The average molecular weight is 202 g/mol. The van der Waals surface area contributed by atoms with Gasteiger partial charge < -0.3 is 9.47 Å². The normalized spacial score (nSPS) is 12.7. The molecule has 2 aromatic carbocycles. The van der Waals surface area contributed by atoms with Gasteiger partial charge in [-0.1, -0.05) is 30.3 Å². The Balaban J connectivity index is 2.30. The van der Waals surface area contributed by atoms with Gasteiger partial charge in [0.25, 0.3) is 0 Å². The minimum atomic E-state index is -0.217. The van der Waals surface area contributed by atoms with Gasteiger partial charge in [-0.05, 0) is 29.8 Å². The Morgan fingerprint density at radius 3 is 2.47 bits per heavy atom. The van der Waals surface area contributed by atoms with Gasteiger partial charge in [-0.2, -0.15) is 0 Å². The van der Waals surface area contributed by atoms with Crippen LogP contribution in [0.5, 0.6) is 5.75 Å². The van der Waals surface area contributed by atoms with Crippen LogP contribution in [-0.2, 0) is 4.74 Å². The predicted molar refractivity (Wildman–Crippen MR) is 61.0 cm³/mol. The SMILES string of the molecule is COC(C)Oc1ccc2ccccc2c1. The molecule has 0 saturated heterocycles. The van der Waals surface area contributed by atoms with Crippen molar-refractivity contribution >= 4 is 10.8 Å². The number of fused-ring (bicyclic) bond motifs is 1. The van der Waals surface area contributed by atoms with Gasteiger partial charge in [-0.25, -0.2) is 0 Å². The largest absolute Gasteiger partial charge is 0.465 e. The van der Waals surface area contributed by atoms with Crippen molar-refractivity contribution in [3.05, 3.63) is 42.5 Å². The lowest BCUT2D eigenvalue weighted by Crippen LogP contribution is -2.13. The molecule has 0 spiro atoms. The van der Waals surface area contributed by atoms with Crippen LogP contribution in [0, 0.1) is 0 Å². The Bertz CT molecular complexity index is 451. The van der Waals surface area contributed by atoms with Crippen molar-refractivity contribution in [3.63, 3.8) is 0 Å². The van der Waals surface area contributed by atoms with E-state index >= 15 is 0 Å². The Morgan fingerprint density at radius 2 is 1.73 bits per heavy atom. The molecule has 2 rings (SSSR count). The Kier molecular flexibility index (Phi) is 2.88. The number of methoxy groups -OCH3 is 1. The lowest BCUT2D eigenvalue weighted by atomic mass is 10.1. The van der Waals surface area contributed by atoms with Gasteiger partial charge in [-0.15, -0.1) is 0 Å². The molecule has 78 valence electrons. The van der Waals surface area contributed by atoms with Gasteiger partial charge in [0.05, 0.1) is 0 Å². The third-order valence-corrected chi connectivity index (χ3v) is 2.35. The highest BCUT2D eigenvalue weighted by Crippen LogP contribution is 2.21. The first-order valence-electron chi connectivity index (χ1n) is 4.98. The fraction of sp³-hybridized carbons (Fsp3) is 0.231. The zero-order valence-corrected chi connectivity index (χ0v) is 8.94. The molecule has 15 heavy (non-hydrogen) atoms. The first-order chi connectivity index (χ1) is 7.29.